The predicted molar refractivity (Wildman–Crippen MR) is 130 cm³/mol. The van der Waals surface area contributed by atoms with Crippen LogP contribution >= 0.6 is 0 Å². The van der Waals surface area contributed by atoms with Crippen LogP contribution in [0.2, 0.25) is 0 Å². The Bertz CT molecular complexity index is 2100. The van der Waals surface area contributed by atoms with Crippen molar-refractivity contribution in [2.45, 2.75) is 19.6 Å². The van der Waals surface area contributed by atoms with Gasteiger partial charge in [0.15, 0.2) is 0 Å². The maximum absolute atomic E-state index is 11.7. The summed E-state index contributed by atoms with van der Waals surface area (Å²) in [5.41, 5.74) is -1.70. The van der Waals surface area contributed by atoms with Gasteiger partial charge in [-0.15, -0.1) is 9.81 Å². The summed E-state index contributed by atoms with van der Waals surface area (Å²) in [6, 6.07) is 6.29. The molecule has 25 heteroatoms. The van der Waals surface area contributed by atoms with Crippen LogP contribution in [-0.2, 0) is 122 Å². The SMILES string of the molecule is O=Nc1c([O-])c(S(=O)(=O)[O-])cc2cc(S(=O)(=O)[O-])ccc12.O=Nc1c([O-])c(S(=O)(=O)[O-])cc2cc(S(=O)(=O)[O-])ccc12.[Cd+2].[Cd+2].[Cd+2]. The molecule has 4 rings (SSSR count). The summed E-state index contributed by atoms with van der Waals surface area (Å²) in [6.45, 7) is 0. The molecule has 224 valence electrons. The van der Waals surface area contributed by atoms with E-state index in [1.165, 1.54) is 0 Å². The minimum atomic E-state index is -5.19. The van der Waals surface area contributed by atoms with Crippen LogP contribution < -0.4 is 10.2 Å². The van der Waals surface area contributed by atoms with Gasteiger partial charge in [0.1, 0.15) is 51.8 Å². The van der Waals surface area contributed by atoms with Crippen LogP contribution in [-0.4, -0.2) is 51.9 Å². The van der Waals surface area contributed by atoms with E-state index in [4.69, 9.17) is 0 Å². The van der Waals surface area contributed by atoms with E-state index in [0.717, 1.165) is 36.4 Å². The maximum Gasteiger partial charge on any atom is 2.00 e. The van der Waals surface area contributed by atoms with E-state index in [1.54, 1.807) is 0 Å². The third kappa shape index (κ3) is 9.81. The molecule has 4 aromatic carbocycles. The van der Waals surface area contributed by atoms with E-state index in [1.807, 2.05) is 0 Å². The van der Waals surface area contributed by atoms with Crippen LogP contribution in [0.15, 0.2) is 78.5 Å². The molecule has 0 saturated carbocycles. The van der Waals surface area contributed by atoms with E-state index in [0.29, 0.717) is 12.1 Å². The minimum absolute atomic E-state index is 0. The minimum Gasteiger partial charge on any atom is -0.870 e. The van der Waals surface area contributed by atoms with E-state index >= 15 is 0 Å². The van der Waals surface area contributed by atoms with Crippen molar-refractivity contribution in [2.24, 2.45) is 10.4 Å². The summed E-state index contributed by atoms with van der Waals surface area (Å²) >= 11 is 0. The van der Waals surface area contributed by atoms with Crippen molar-refractivity contribution in [3.05, 3.63) is 58.3 Å². The first-order chi connectivity index (χ1) is 19.1. The topological polar surface area (TPSA) is 334 Å². The van der Waals surface area contributed by atoms with Crippen molar-refractivity contribution in [1.82, 2.24) is 0 Å². The molecule has 0 radical (unpaired) electrons. The Morgan fingerprint density at radius 1 is 0.467 bits per heavy atom. The summed E-state index contributed by atoms with van der Waals surface area (Å²) < 4.78 is 131. The molecule has 0 bridgehead atoms. The van der Waals surface area contributed by atoms with E-state index in [9.17, 15) is 71.9 Å². The first kappa shape index (κ1) is 43.6. The van der Waals surface area contributed by atoms with Crippen LogP contribution in [0.1, 0.15) is 0 Å². The Morgan fingerprint density at radius 2 is 0.756 bits per heavy atom. The number of rotatable bonds is 6. The molecule has 0 N–H and O–H groups in total. The van der Waals surface area contributed by atoms with Crippen molar-refractivity contribution in [2.75, 3.05) is 0 Å². The van der Waals surface area contributed by atoms with Gasteiger partial charge < -0.3 is 28.4 Å². The zero-order valence-corrected chi connectivity index (χ0v) is 37.2. The smallest absolute Gasteiger partial charge is 0.870 e. The first-order valence-corrected chi connectivity index (χ1v) is 15.8. The summed E-state index contributed by atoms with van der Waals surface area (Å²) in [6.07, 6.45) is 0. The molecule has 0 spiro atoms. The van der Waals surface area contributed by atoms with Gasteiger partial charge in [-0.3, -0.25) is 0 Å². The van der Waals surface area contributed by atoms with Gasteiger partial charge >= 0.3 is 81.9 Å². The van der Waals surface area contributed by atoms with Gasteiger partial charge in [0.05, 0.1) is 9.79 Å². The average molecular weight is 998 g/mol. The molecule has 0 fully saturated rings. The number of nitrogens with zero attached hydrogens (tertiary/aromatic N) is 2. The summed E-state index contributed by atoms with van der Waals surface area (Å²) in [7, 11) is -20.1. The molecule has 0 aliphatic carbocycles. The third-order valence-corrected chi connectivity index (χ3v) is 8.65. The quantitative estimate of drug-likeness (QED) is 0.142. The number of hydrogen-bond donors (Lipinski definition) is 0. The van der Waals surface area contributed by atoms with Gasteiger partial charge in [0.2, 0.25) is 0 Å². The Labute approximate surface area is 313 Å². The largest absolute Gasteiger partial charge is 2.00 e. The predicted octanol–water partition coefficient (Wildman–Crippen LogP) is 0.232. The molecular weight excluding hydrogens is 990 g/mol. The maximum atomic E-state index is 11.7. The second-order valence-electron chi connectivity index (χ2n) is 7.87. The molecule has 0 atom stereocenters. The number of nitroso groups, excluding NO2 is 2. The average Bonchev–Trinajstić information content (AvgIpc) is 2.85. The van der Waals surface area contributed by atoms with Crippen LogP contribution in [0.5, 0.6) is 11.5 Å². The zero-order valence-electron chi connectivity index (χ0n) is 21.8. The summed E-state index contributed by atoms with van der Waals surface area (Å²) in [5, 5.41) is 27.3. The normalized spacial score (nSPS) is 11.6. The molecule has 0 aliphatic heterocycles. The van der Waals surface area contributed by atoms with Crippen LogP contribution in [0.4, 0.5) is 11.4 Å². The molecule has 18 nitrogen and oxygen atoms in total. The third-order valence-electron chi connectivity index (χ3n) is 5.31. The van der Waals surface area contributed by atoms with Crippen molar-refractivity contribution in [1.29, 1.82) is 0 Å². The molecule has 0 heterocycles. The van der Waals surface area contributed by atoms with Crippen molar-refractivity contribution < 1.29 is 144 Å². The van der Waals surface area contributed by atoms with Crippen LogP contribution in [0, 0.1) is 9.81 Å². The van der Waals surface area contributed by atoms with E-state index in [2.05, 4.69) is 10.4 Å². The van der Waals surface area contributed by atoms with E-state index in [-0.39, 0.29) is 103 Å². The Kier molecular flexibility index (Phi) is 15.2. The van der Waals surface area contributed by atoms with Crippen molar-refractivity contribution in [3.63, 3.8) is 0 Å². The molecular formula is C20H8Cd3N2O16S4. The van der Waals surface area contributed by atoms with Gasteiger partial charge in [-0.05, 0) is 57.5 Å². The fraction of sp³-hybridized carbons (Fsp3) is 0. The fourth-order valence-electron chi connectivity index (χ4n) is 3.51. The first-order valence-electron chi connectivity index (χ1n) is 10.2. The fourth-order valence-corrected chi connectivity index (χ4v) is 5.71. The molecule has 4 aromatic rings. The van der Waals surface area contributed by atoms with E-state index < -0.39 is 82.9 Å². The summed E-state index contributed by atoms with van der Waals surface area (Å²) in [4.78, 5) is 17.4. The van der Waals surface area contributed by atoms with Crippen LogP contribution in [0.3, 0.4) is 0 Å². The molecule has 0 aromatic heterocycles. The number of hydrogen-bond acceptors (Lipinski definition) is 18. The standard InChI is InChI=1S/2C10H7NO8S2.3Cd/c2*12-10-8(21(17,18)19)4-5-3-6(20(14,15)16)1-2-7(5)9(10)11-13;;;/h2*1-4,12H,(H,14,15,16)(H,17,18,19);;;/q;;3*+2/p-6. The monoisotopic (exact) mass is 1000 g/mol. The zero-order chi connectivity index (χ0) is 32.0. The van der Waals surface area contributed by atoms with Crippen molar-refractivity contribution >= 4 is 73.4 Å². The second-order valence-corrected chi connectivity index (χ2v) is 13.3. The van der Waals surface area contributed by atoms with Gasteiger partial charge in [0.25, 0.3) is 0 Å². The molecule has 0 aliphatic rings. The molecule has 45 heavy (non-hydrogen) atoms. The Hall–Kier alpha value is -1.39. The van der Waals surface area contributed by atoms with Crippen LogP contribution in [0.25, 0.3) is 21.5 Å². The van der Waals surface area contributed by atoms with Gasteiger partial charge in [-0.2, -0.15) is 0 Å². The molecule has 0 saturated heterocycles. The second kappa shape index (κ2) is 15.7. The van der Waals surface area contributed by atoms with Crippen molar-refractivity contribution in [3.8, 4) is 11.5 Å². The van der Waals surface area contributed by atoms with Gasteiger partial charge in [0, 0.05) is 20.6 Å². The van der Waals surface area contributed by atoms with Gasteiger partial charge in [-0.25, -0.2) is 33.7 Å². The van der Waals surface area contributed by atoms with Gasteiger partial charge in [-0.1, -0.05) is 23.6 Å². The summed E-state index contributed by atoms with van der Waals surface area (Å²) in [5.74, 6) is -2.77. The Morgan fingerprint density at radius 3 is 0.978 bits per heavy atom. The Balaban J connectivity index is 0.000000807. The molecule has 0 amide bonds. The number of fused-ring (bicyclic) bond motifs is 2. The number of benzene rings is 4. The molecule has 0 unspecified atom stereocenters.